The molecule has 10 nitrogen and oxygen atoms in total. The Balaban J connectivity index is 1.67. The Morgan fingerprint density at radius 3 is 2.23 bits per heavy atom. The zero-order valence-corrected chi connectivity index (χ0v) is 26.4. The van der Waals surface area contributed by atoms with Gasteiger partial charge < -0.3 is 26.2 Å². The molecule has 0 unspecified atom stereocenters. The summed E-state index contributed by atoms with van der Waals surface area (Å²) in [6.07, 6.45) is 1.05. The molecule has 2 heterocycles. The number of nitrogens with zero attached hydrogens (tertiary/aromatic N) is 1. The number of hydrogen-bond donors (Lipinski definition) is 4. The highest BCUT2D eigenvalue weighted by atomic mass is 32.1. The number of thiophene rings is 1. The molecule has 0 radical (unpaired) electrons. The van der Waals surface area contributed by atoms with E-state index >= 15 is 0 Å². The number of benzene rings is 2. The molecular formula is C33H41N5O5S. The molecule has 4 atom stereocenters. The Bertz CT molecular complexity index is 1460. The summed E-state index contributed by atoms with van der Waals surface area (Å²) in [5.74, 6) is -2.23. The maximum Gasteiger partial charge on any atom is 0.264 e. The van der Waals surface area contributed by atoms with Gasteiger partial charge in [0.25, 0.3) is 5.91 Å². The lowest BCUT2D eigenvalue weighted by molar-refractivity contribution is -0.133. The molecule has 1 saturated heterocycles. The normalized spacial score (nSPS) is 22.4. The molecule has 1 aliphatic heterocycles. The van der Waals surface area contributed by atoms with Gasteiger partial charge in [0.15, 0.2) is 0 Å². The Hall–Kier alpha value is -4.25. The van der Waals surface area contributed by atoms with E-state index in [9.17, 15) is 24.0 Å². The molecule has 5 amide bonds. The first-order valence-electron chi connectivity index (χ1n) is 15.1. The molecule has 2 aromatic carbocycles. The van der Waals surface area contributed by atoms with Gasteiger partial charge in [-0.1, -0.05) is 69.3 Å². The van der Waals surface area contributed by atoms with Gasteiger partial charge in [-0.05, 0) is 48.8 Å². The molecule has 11 heteroatoms. The van der Waals surface area contributed by atoms with E-state index in [1.54, 1.807) is 6.07 Å². The quantitative estimate of drug-likeness (QED) is 0.336. The lowest BCUT2D eigenvalue weighted by atomic mass is 10.0. The van der Waals surface area contributed by atoms with E-state index in [2.05, 4.69) is 21.3 Å². The minimum atomic E-state index is -0.960. The van der Waals surface area contributed by atoms with Gasteiger partial charge >= 0.3 is 0 Å². The summed E-state index contributed by atoms with van der Waals surface area (Å²) < 4.78 is 0.944. The molecule has 0 spiro atoms. The van der Waals surface area contributed by atoms with Crippen molar-refractivity contribution in [2.45, 2.75) is 71.1 Å². The molecule has 1 fully saturated rings. The molecule has 44 heavy (non-hydrogen) atoms. The van der Waals surface area contributed by atoms with Crippen LogP contribution in [0.3, 0.4) is 0 Å². The second kappa shape index (κ2) is 15.0. The van der Waals surface area contributed by atoms with Crippen LogP contribution in [0.25, 0.3) is 10.1 Å². The number of fused-ring (bicyclic) bond motifs is 1. The molecule has 1 aliphatic rings. The fraction of sp³-hybridized carbons (Fsp3) is 0.424. The highest BCUT2D eigenvalue weighted by Crippen LogP contribution is 2.26. The van der Waals surface area contributed by atoms with Gasteiger partial charge in [0.05, 0.1) is 11.4 Å². The minimum Gasteiger partial charge on any atom is -0.350 e. The van der Waals surface area contributed by atoms with E-state index < -0.39 is 47.8 Å². The summed E-state index contributed by atoms with van der Waals surface area (Å²) in [6, 6.07) is 15.5. The minimum absolute atomic E-state index is 0.0608. The van der Waals surface area contributed by atoms with Crippen molar-refractivity contribution < 1.29 is 24.0 Å². The second-order valence-electron chi connectivity index (χ2n) is 11.7. The van der Waals surface area contributed by atoms with Crippen LogP contribution in [0.4, 0.5) is 0 Å². The molecule has 4 N–H and O–H groups in total. The second-order valence-corrected chi connectivity index (χ2v) is 12.8. The van der Waals surface area contributed by atoms with Crippen molar-refractivity contribution in [3.63, 3.8) is 0 Å². The molecule has 0 bridgehead atoms. The number of carbonyl (C=O) groups excluding carboxylic acids is 5. The zero-order valence-electron chi connectivity index (χ0n) is 25.6. The Kier molecular flexibility index (Phi) is 11.1. The van der Waals surface area contributed by atoms with Crippen LogP contribution in [-0.4, -0.2) is 71.7 Å². The summed E-state index contributed by atoms with van der Waals surface area (Å²) in [6.45, 7) is 7.04. The van der Waals surface area contributed by atoms with Gasteiger partial charge in [-0.2, -0.15) is 0 Å². The number of rotatable bonds is 6. The van der Waals surface area contributed by atoms with Gasteiger partial charge in [-0.15, -0.1) is 11.3 Å². The van der Waals surface area contributed by atoms with Crippen molar-refractivity contribution in [1.29, 1.82) is 0 Å². The highest BCUT2D eigenvalue weighted by molar-refractivity contribution is 7.20. The van der Waals surface area contributed by atoms with Crippen LogP contribution in [-0.2, 0) is 25.6 Å². The van der Waals surface area contributed by atoms with Gasteiger partial charge in [0.1, 0.15) is 18.1 Å². The summed E-state index contributed by atoms with van der Waals surface area (Å²) >= 11 is 1.33. The monoisotopic (exact) mass is 619 g/mol. The third kappa shape index (κ3) is 8.66. The van der Waals surface area contributed by atoms with E-state index in [-0.39, 0.29) is 31.3 Å². The summed E-state index contributed by atoms with van der Waals surface area (Å²) in [7, 11) is 0. The van der Waals surface area contributed by atoms with E-state index in [0.717, 1.165) is 15.6 Å². The van der Waals surface area contributed by atoms with E-state index in [1.807, 2.05) is 75.4 Å². The fourth-order valence-electron chi connectivity index (χ4n) is 5.16. The molecule has 0 saturated carbocycles. The summed E-state index contributed by atoms with van der Waals surface area (Å²) in [5, 5.41) is 12.2. The summed E-state index contributed by atoms with van der Waals surface area (Å²) in [5.41, 5.74) is 0.855. The van der Waals surface area contributed by atoms with Gasteiger partial charge in [0.2, 0.25) is 23.6 Å². The van der Waals surface area contributed by atoms with Crippen molar-refractivity contribution in [3.8, 4) is 0 Å². The maximum atomic E-state index is 13.8. The summed E-state index contributed by atoms with van der Waals surface area (Å²) in [4.78, 5) is 69.3. The third-order valence-electron chi connectivity index (χ3n) is 7.56. The van der Waals surface area contributed by atoms with Crippen molar-refractivity contribution in [1.82, 2.24) is 26.2 Å². The Labute approximate surface area is 262 Å². The maximum absolute atomic E-state index is 13.8. The van der Waals surface area contributed by atoms with Crippen molar-refractivity contribution in [2.24, 2.45) is 5.92 Å². The van der Waals surface area contributed by atoms with Crippen LogP contribution in [0.1, 0.15) is 55.8 Å². The zero-order chi connectivity index (χ0) is 31.8. The van der Waals surface area contributed by atoms with Gasteiger partial charge in [-0.3, -0.25) is 24.0 Å². The van der Waals surface area contributed by atoms with Crippen LogP contribution in [0.15, 0.2) is 60.7 Å². The Morgan fingerprint density at radius 1 is 0.886 bits per heavy atom. The predicted molar refractivity (Wildman–Crippen MR) is 171 cm³/mol. The third-order valence-corrected chi connectivity index (χ3v) is 8.67. The van der Waals surface area contributed by atoms with Crippen molar-refractivity contribution >= 4 is 51.0 Å². The topological polar surface area (TPSA) is 137 Å². The predicted octanol–water partition coefficient (Wildman–Crippen LogP) is 3.02. The van der Waals surface area contributed by atoms with Crippen molar-refractivity contribution in [3.05, 3.63) is 71.1 Å². The lowest BCUT2D eigenvalue weighted by Gasteiger charge is -2.29. The molecule has 1 aromatic heterocycles. The first-order chi connectivity index (χ1) is 21.0. The largest absolute Gasteiger partial charge is 0.350 e. The highest BCUT2D eigenvalue weighted by Gasteiger charge is 2.32. The first kappa shape index (κ1) is 32.7. The average Bonchev–Trinajstić information content (AvgIpc) is 3.43. The molecule has 234 valence electrons. The molecule has 0 aliphatic carbocycles. The smallest absolute Gasteiger partial charge is 0.264 e. The fourth-order valence-corrected chi connectivity index (χ4v) is 6.19. The Morgan fingerprint density at radius 2 is 1.55 bits per heavy atom. The number of nitrogens with one attached hydrogen (secondary N) is 4. The van der Waals surface area contributed by atoms with Crippen LogP contribution in [0.5, 0.6) is 0 Å². The molecule has 4 rings (SSSR count). The van der Waals surface area contributed by atoms with Gasteiger partial charge in [0, 0.05) is 23.7 Å². The van der Waals surface area contributed by atoms with Crippen molar-refractivity contribution in [2.75, 3.05) is 13.1 Å². The van der Waals surface area contributed by atoms with Gasteiger partial charge in [-0.25, -0.2) is 0 Å². The van der Waals surface area contributed by atoms with E-state index in [4.69, 9.17) is 0 Å². The number of hydrogen-bond acceptors (Lipinski definition) is 6. The number of carbonyl (C=O) groups is 5. The standard InChI is InChI=1S/C33H41N5O5S/c1-5-24-18-38(33(43)28-17-23-13-9-10-14-27(23)44-28)19-29(39)34-21(4)30(40)36-25(15-20(2)3)32(42)37-26(31(41)35-24)16-22-11-7-6-8-12-22/h6-14,17,20-21,24-26H,5,15-16,18-19H2,1-4H3,(H,34,39)(H,35,41)(H,36,40)(H,37,42)/t21-,24+,25+,26+/m1/s1. The van der Waals surface area contributed by atoms with Crippen LogP contribution in [0.2, 0.25) is 0 Å². The lowest BCUT2D eigenvalue weighted by Crippen LogP contribution is -2.57. The van der Waals surface area contributed by atoms with Crippen LogP contribution < -0.4 is 21.3 Å². The van der Waals surface area contributed by atoms with E-state index in [1.165, 1.54) is 23.2 Å². The molecule has 3 aromatic rings. The number of amides is 5. The molecular weight excluding hydrogens is 578 g/mol. The van der Waals surface area contributed by atoms with Crippen LogP contribution in [0, 0.1) is 5.92 Å². The first-order valence-corrected chi connectivity index (χ1v) is 15.9. The van der Waals surface area contributed by atoms with E-state index in [0.29, 0.717) is 17.7 Å². The SMILES string of the molecule is CC[C@H]1CN(C(=O)c2cc3ccccc3s2)CC(=O)N[C@H](C)C(=O)N[C@@H](CC(C)C)C(=O)N[C@@H](Cc2ccccc2)C(=O)N1. The van der Waals surface area contributed by atoms with Crippen LogP contribution >= 0.6 is 11.3 Å². The average molecular weight is 620 g/mol.